The van der Waals surface area contributed by atoms with Crippen molar-refractivity contribution in [1.82, 2.24) is 0 Å². The fourth-order valence-electron chi connectivity index (χ4n) is 3.04. The molecule has 0 fully saturated rings. The predicted octanol–water partition coefficient (Wildman–Crippen LogP) is 3.97. The Morgan fingerprint density at radius 1 is 0.955 bits per heavy atom. The molecule has 1 heterocycles. The van der Waals surface area contributed by atoms with Gasteiger partial charge in [-0.15, -0.1) is 0 Å². The Balaban J connectivity index is 2.28. The Hall–Kier alpha value is -2.36. The summed E-state index contributed by atoms with van der Waals surface area (Å²) < 4.78 is 22.9. The molecule has 22 heavy (non-hydrogen) atoms. The van der Waals surface area contributed by atoms with Crippen LogP contribution in [0.25, 0.3) is 0 Å². The first-order chi connectivity index (χ1) is 10.7. The van der Waals surface area contributed by atoms with Gasteiger partial charge < -0.3 is 18.9 Å². The molecule has 0 radical (unpaired) electrons. The lowest BCUT2D eigenvalue weighted by atomic mass is 9.94. The highest BCUT2D eigenvalue weighted by Gasteiger charge is 2.30. The molecular weight excluding hydrogens is 280 g/mol. The van der Waals surface area contributed by atoms with Gasteiger partial charge in [-0.1, -0.05) is 25.1 Å². The van der Waals surface area contributed by atoms with Gasteiger partial charge in [0.25, 0.3) is 0 Å². The summed E-state index contributed by atoms with van der Waals surface area (Å²) in [6, 6.07) is 8.05. The quantitative estimate of drug-likeness (QED) is 0.730. The Morgan fingerprint density at radius 2 is 1.64 bits per heavy atom. The first kappa shape index (κ1) is 14.6. The molecule has 2 aromatic rings. The van der Waals surface area contributed by atoms with Crippen molar-refractivity contribution in [2.75, 3.05) is 21.3 Å². The first-order valence-corrected chi connectivity index (χ1v) is 7.34. The minimum Gasteiger partial charge on any atom is -0.492 e. The van der Waals surface area contributed by atoms with Crippen molar-refractivity contribution in [3.05, 3.63) is 41.0 Å². The minimum atomic E-state index is 0.628. The Bertz CT molecular complexity index is 647. The van der Waals surface area contributed by atoms with E-state index in [-0.39, 0.29) is 0 Å². The molecule has 1 aliphatic heterocycles. The molecule has 116 valence electrons. The zero-order valence-electron chi connectivity index (χ0n) is 13.4. The van der Waals surface area contributed by atoms with E-state index in [4.69, 9.17) is 18.9 Å². The summed E-state index contributed by atoms with van der Waals surface area (Å²) in [6.07, 6.45) is 1.54. The van der Waals surface area contributed by atoms with Crippen LogP contribution in [0.3, 0.4) is 0 Å². The van der Waals surface area contributed by atoms with Gasteiger partial charge >= 0.3 is 0 Å². The third kappa shape index (κ3) is 2.06. The van der Waals surface area contributed by atoms with Crippen molar-refractivity contribution in [1.29, 1.82) is 0 Å². The molecule has 1 aliphatic rings. The van der Waals surface area contributed by atoms with E-state index < -0.39 is 0 Å². The summed E-state index contributed by atoms with van der Waals surface area (Å²) in [5, 5.41) is 0. The summed E-state index contributed by atoms with van der Waals surface area (Å²) in [7, 11) is 4.91. The average Bonchev–Trinajstić information content (AvgIpc) is 2.57. The number of benzene rings is 2. The molecule has 4 heteroatoms. The predicted molar refractivity (Wildman–Crippen MR) is 84.8 cm³/mol. The summed E-state index contributed by atoms with van der Waals surface area (Å²) >= 11 is 0. The molecule has 3 rings (SSSR count). The highest BCUT2D eigenvalue weighted by Crippen LogP contribution is 2.53. The van der Waals surface area contributed by atoms with E-state index in [0.717, 1.165) is 41.0 Å². The van der Waals surface area contributed by atoms with E-state index >= 15 is 0 Å². The maximum atomic E-state index is 6.17. The van der Waals surface area contributed by atoms with Crippen LogP contribution in [0.1, 0.15) is 23.6 Å². The highest BCUT2D eigenvalue weighted by atomic mass is 16.5. The molecular formula is C18H20O4. The molecule has 0 spiro atoms. The van der Waals surface area contributed by atoms with Crippen LogP contribution in [0.2, 0.25) is 0 Å². The lowest BCUT2D eigenvalue weighted by Gasteiger charge is -2.27. The summed E-state index contributed by atoms with van der Waals surface area (Å²) in [4.78, 5) is 0. The van der Waals surface area contributed by atoms with Gasteiger partial charge in [-0.3, -0.25) is 0 Å². The molecule has 0 saturated heterocycles. The number of hydrogen-bond acceptors (Lipinski definition) is 4. The number of fused-ring (bicyclic) bond motifs is 2. The Kier molecular flexibility index (Phi) is 3.84. The highest BCUT2D eigenvalue weighted by molar-refractivity contribution is 5.69. The minimum absolute atomic E-state index is 0.628. The third-order valence-electron chi connectivity index (χ3n) is 4.03. The van der Waals surface area contributed by atoms with Crippen LogP contribution >= 0.6 is 0 Å². The molecule has 0 N–H and O–H groups in total. The Labute approximate surface area is 130 Å². The number of methoxy groups -OCH3 is 3. The number of hydrogen-bond donors (Lipinski definition) is 0. The number of para-hydroxylation sites is 1. The second kappa shape index (κ2) is 5.79. The molecule has 0 aliphatic carbocycles. The summed E-state index contributed by atoms with van der Waals surface area (Å²) in [5.74, 6) is 3.71. The molecule has 4 nitrogen and oxygen atoms in total. The SMILES string of the molecule is CCc1c2c(c(OC)c(OC)c1OC)Cc1ccccc1O2. The van der Waals surface area contributed by atoms with Crippen LogP contribution in [0.4, 0.5) is 0 Å². The molecule has 0 saturated carbocycles. The smallest absolute Gasteiger partial charge is 0.204 e. The third-order valence-corrected chi connectivity index (χ3v) is 4.03. The van der Waals surface area contributed by atoms with Gasteiger partial charge in [-0.2, -0.15) is 0 Å². The fraction of sp³-hybridized carbons (Fsp3) is 0.333. The summed E-state index contributed by atoms with van der Waals surface area (Å²) in [6.45, 7) is 2.08. The maximum absolute atomic E-state index is 6.17. The van der Waals surface area contributed by atoms with Gasteiger partial charge in [0.05, 0.1) is 21.3 Å². The standard InChI is InChI=1S/C18H20O4/c1-5-12-15-13(10-11-8-6-7-9-14(11)22-15)17(20-3)18(21-4)16(12)19-2/h6-9H,5,10H2,1-4H3. The van der Waals surface area contributed by atoms with Crippen molar-refractivity contribution < 1.29 is 18.9 Å². The average molecular weight is 300 g/mol. The van der Waals surface area contributed by atoms with Crippen molar-refractivity contribution in [3.8, 4) is 28.7 Å². The number of ether oxygens (including phenoxy) is 4. The molecule has 0 aromatic heterocycles. The topological polar surface area (TPSA) is 36.9 Å². The van der Waals surface area contributed by atoms with Gasteiger partial charge in [0, 0.05) is 17.5 Å². The second-order valence-corrected chi connectivity index (χ2v) is 5.13. The van der Waals surface area contributed by atoms with Crippen LogP contribution in [-0.2, 0) is 12.8 Å². The van der Waals surface area contributed by atoms with Crippen molar-refractivity contribution in [3.63, 3.8) is 0 Å². The van der Waals surface area contributed by atoms with Crippen molar-refractivity contribution >= 4 is 0 Å². The molecule has 0 unspecified atom stereocenters. The lowest BCUT2D eigenvalue weighted by molar-refractivity contribution is 0.314. The van der Waals surface area contributed by atoms with Gasteiger partial charge in [0.2, 0.25) is 5.75 Å². The van der Waals surface area contributed by atoms with Gasteiger partial charge in [-0.25, -0.2) is 0 Å². The largest absolute Gasteiger partial charge is 0.492 e. The van der Waals surface area contributed by atoms with Gasteiger partial charge in [-0.05, 0) is 18.1 Å². The molecule has 0 amide bonds. The van der Waals surface area contributed by atoms with Crippen LogP contribution in [0, 0.1) is 0 Å². The zero-order chi connectivity index (χ0) is 15.7. The van der Waals surface area contributed by atoms with E-state index in [0.29, 0.717) is 17.2 Å². The van der Waals surface area contributed by atoms with Crippen LogP contribution in [0.15, 0.2) is 24.3 Å². The molecule has 0 bridgehead atoms. The van der Waals surface area contributed by atoms with E-state index in [1.54, 1.807) is 21.3 Å². The van der Waals surface area contributed by atoms with Crippen LogP contribution < -0.4 is 18.9 Å². The fourth-order valence-corrected chi connectivity index (χ4v) is 3.04. The maximum Gasteiger partial charge on any atom is 0.204 e. The van der Waals surface area contributed by atoms with E-state index in [1.165, 1.54) is 0 Å². The zero-order valence-corrected chi connectivity index (χ0v) is 13.4. The van der Waals surface area contributed by atoms with E-state index in [9.17, 15) is 0 Å². The van der Waals surface area contributed by atoms with Crippen molar-refractivity contribution in [2.45, 2.75) is 19.8 Å². The lowest BCUT2D eigenvalue weighted by Crippen LogP contribution is -2.10. The molecule has 0 atom stereocenters. The number of rotatable bonds is 4. The molecule has 2 aromatic carbocycles. The Morgan fingerprint density at radius 3 is 2.27 bits per heavy atom. The first-order valence-electron chi connectivity index (χ1n) is 7.34. The summed E-state index contributed by atoms with van der Waals surface area (Å²) in [5.41, 5.74) is 3.16. The van der Waals surface area contributed by atoms with Crippen LogP contribution in [0.5, 0.6) is 28.7 Å². The van der Waals surface area contributed by atoms with Gasteiger partial charge in [0.15, 0.2) is 11.5 Å². The van der Waals surface area contributed by atoms with E-state index in [2.05, 4.69) is 13.0 Å². The van der Waals surface area contributed by atoms with Crippen LogP contribution in [-0.4, -0.2) is 21.3 Å². The van der Waals surface area contributed by atoms with Crippen molar-refractivity contribution in [2.24, 2.45) is 0 Å². The van der Waals surface area contributed by atoms with E-state index in [1.807, 2.05) is 18.2 Å². The monoisotopic (exact) mass is 300 g/mol. The normalized spacial score (nSPS) is 12.0. The van der Waals surface area contributed by atoms with Gasteiger partial charge in [0.1, 0.15) is 11.5 Å². The second-order valence-electron chi connectivity index (χ2n) is 5.13.